The van der Waals surface area contributed by atoms with Crippen LogP contribution in [-0.4, -0.2) is 48.3 Å². The second kappa shape index (κ2) is 6.81. The zero-order valence-electron chi connectivity index (χ0n) is 15.2. The van der Waals surface area contributed by atoms with Crippen molar-refractivity contribution in [2.45, 2.75) is 52.0 Å². The van der Waals surface area contributed by atoms with Crippen molar-refractivity contribution >= 4 is 18.0 Å². The Hall–Kier alpha value is -2.08. The van der Waals surface area contributed by atoms with Gasteiger partial charge in [0.05, 0.1) is 25.4 Å². The van der Waals surface area contributed by atoms with E-state index in [1.54, 1.807) is 18.2 Å². The Labute approximate surface area is 143 Å². The first-order valence-corrected chi connectivity index (χ1v) is 7.97. The summed E-state index contributed by atoms with van der Waals surface area (Å²) in [6.45, 7) is 9.60. The summed E-state index contributed by atoms with van der Waals surface area (Å²) in [6.07, 6.45) is 1.32. The Balaban J connectivity index is 2.15. The Morgan fingerprint density at radius 1 is 1.33 bits per heavy atom. The lowest BCUT2D eigenvalue weighted by Crippen LogP contribution is -2.50. The summed E-state index contributed by atoms with van der Waals surface area (Å²) in [5.41, 5.74) is -0.517. The van der Waals surface area contributed by atoms with Gasteiger partial charge in [0.15, 0.2) is 0 Å². The lowest BCUT2D eigenvalue weighted by Gasteiger charge is -2.34. The summed E-state index contributed by atoms with van der Waals surface area (Å²) in [7, 11) is 1.62. The third-order valence-corrected chi connectivity index (χ3v) is 3.58. The zero-order chi connectivity index (χ0) is 18.0. The number of aliphatic imine (C=N–C) groups is 1. The molecule has 1 aliphatic rings. The van der Waals surface area contributed by atoms with Crippen LogP contribution in [0.2, 0.25) is 0 Å². The van der Waals surface area contributed by atoms with E-state index in [0.717, 1.165) is 11.4 Å². The van der Waals surface area contributed by atoms with Crippen LogP contribution >= 0.6 is 0 Å². The highest BCUT2D eigenvalue weighted by Crippen LogP contribution is 2.29. The summed E-state index contributed by atoms with van der Waals surface area (Å²) >= 11 is 0. The summed E-state index contributed by atoms with van der Waals surface area (Å²) in [5, 5.41) is 0. The van der Waals surface area contributed by atoms with Crippen LogP contribution in [0.4, 0.5) is 10.5 Å². The molecule has 1 heterocycles. The summed E-state index contributed by atoms with van der Waals surface area (Å²) in [4.78, 5) is 18.6. The number of hydrogen-bond acceptors (Lipinski definition) is 5. The third-order valence-electron chi connectivity index (χ3n) is 3.58. The third kappa shape index (κ3) is 4.47. The lowest BCUT2D eigenvalue weighted by molar-refractivity contribution is -0.0604. The van der Waals surface area contributed by atoms with Gasteiger partial charge in [0.25, 0.3) is 0 Å². The van der Waals surface area contributed by atoms with Gasteiger partial charge in [-0.2, -0.15) is 0 Å². The molecule has 1 fully saturated rings. The molecule has 0 N–H and O–H groups in total. The van der Waals surface area contributed by atoms with Gasteiger partial charge in [0.2, 0.25) is 0 Å². The quantitative estimate of drug-likeness (QED) is 0.790. The van der Waals surface area contributed by atoms with Crippen LogP contribution in [0.15, 0.2) is 29.3 Å². The van der Waals surface area contributed by atoms with Crippen molar-refractivity contribution in [3.63, 3.8) is 0 Å². The summed E-state index contributed by atoms with van der Waals surface area (Å²) < 4.78 is 16.4. The highest BCUT2D eigenvalue weighted by Gasteiger charge is 2.45. The second-order valence-electron chi connectivity index (χ2n) is 7.15. The predicted molar refractivity (Wildman–Crippen MR) is 93.0 cm³/mol. The van der Waals surface area contributed by atoms with E-state index >= 15 is 0 Å². The van der Waals surface area contributed by atoms with Gasteiger partial charge >= 0.3 is 6.09 Å². The van der Waals surface area contributed by atoms with Crippen LogP contribution in [0.25, 0.3) is 0 Å². The fourth-order valence-corrected chi connectivity index (χ4v) is 2.45. The first-order chi connectivity index (χ1) is 11.1. The average Bonchev–Trinajstić information content (AvgIpc) is 2.78. The van der Waals surface area contributed by atoms with E-state index in [1.807, 2.05) is 58.9 Å². The van der Waals surface area contributed by atoms with Crippen molar-refractivity contribution in [2.75, 3.05) is 13.7 Å². The van der Waals surface area contributed by atoms with E-state index in [2.05, 4.69) is 4.99 Å². The van der Waals surface area contributed by atoms with Gasteiger partial charge in [0.1, 0.15) is 17.1 Å². The van der Waals surface area contributed by atoms with Crippen LogP contribution in [0.5, 0.6) is 5.75 Å². The molecule has 1 aromatic carbocycles. The first-order valence-electron chi connectivity index (χ1n) is 7.97. The Morgan fingerprint density at radius 2 is 1.96 bits per heavy atom. The molecule has 6 nitrogen and oxygen atoms in total. The number of carbonyl (C=O) groups excluding carboxylic acids is 1. The second-order valence-corrected chi connectivity index (χ2v) is 7.15. The fraction of sp³-hybridized carbons (Fsp3) is 0.556. The van der Waals surface area contributed by atoms with Crippen molar-refractivity contribution in [3.05, 3.63) is 24.3 Å². The molecule has 0 saturated carbocycles. The fourth-order valence-electron chi connectivity index (χ4n) is 2.45. The van der Waals surface area contributed by atoms with E-state index in [-0.39, 0.29) is 6.04 Å². The van der Waals surface area contributed by atoms with Crippen molar-refractivity contribution in [1.29, 1.82) is 0 Å². The molecule has 0 unspecified atom stereocenters. The Bertz CT molecular complexity index is 602. The molecule has 1 aliphatic heterocycles. The molecule has 24 heavy (non-hydrogen) atoms. The molecule has 0 radical (unpaired) electrons. The van der Waals surface area contributed by atoms with Gasteiger partial charge in [-0.1, -0.05) is 0 Å². The Morgan fingerprint density at radius 3 is 2.50 bits per heavy atom. The first kappa shape index (κ1) is 18.3. The molecule has 132 valence electrons. The van der Waals surface area contributed by atoms with Crippen LogP contribution in [0, 0.1) is 0 Å². The van der Waals surface area contributed by atoms with E-state index in [0.29, 0.717) is 6.61 Å². The van der Waals surface area contributed by atoms with Crippen molar-refractivity contribution in [3.8, 4) is 5.75 Å². The monoisotopic (exact) mass is 334 g/mol. The van der Waals surface area contributed by atoms with Gasteiger partial charge in [0, 0.05) is 6.21 Å². The number of carbonyl (C=O) groups is 1. The van der Waals surface area contributed by atoms with Gasteiger partial charge in [-0.15, -0.1) is 0 Å². The molecule has 6 heteroatoms. The molecule has 2 rings (SSSR count). The zero-order valence-corrected chi connectivity index (χ0v) is 15.2. The standard InChI is InChI=1S/C18H26N2O4/c1-17(2,3)24-16(21)20-14(12-23-18(20,4)5)11-19-13-7-9-15(22-6)10-8-13/h7-11,14H,12H2,1-6H3/t14-/m1/s1. The smallest absolute Gasteiger partial charge is 0.413 e. The molecular weight excluding hydrogens is 308 g/mol. The Kier molecular flexibility index (Phi) is 5.18. The van der Waals surface area contributed by atoms with Gasteiger partial charge in [-0.3, -0.25) is 9.89 Å². The SMILES string of the molecule is COc1ccc(N=C[C@@H]2COC(C)(C)N2C(=O)OC(C)(C)C)cc1. The molecule has 0 aliphatic carbocycles. The van der Waals surface area contributed by atoms with E-state index < -0.39 is 17.4 Å². The summed E-state index contributed by atoms with van der Waals surface area (Å²) in [5.74, 6) is 0.773. The van der Waals surface area contributed by atoms with Crippen LogP contribution in [0.1, 0.15) is 34.6 Å². The van der Waals surface area contributed by atoms with Crippen molar-refractivity contribution in [2.24, 2.45) is 4.99 Å². The van der Waals surface area contributed by atoms with Crippen LogP contribution in [0.3, 0.4) is 0 Å². The maximum Gasteiger partial charge on any atom is 0.413 e. The topological polar surface area (TPSA) is 60.4 Å². The highest BCUT2D eigenvalue weighted by molar-refractivity contribution is 5.78. The molecule has 1 aromatic rings. The normalized spacial score (nSPS) is 20.4. The molecule has 1 amide bonds. The minimum absolute atomic E-state index is 0.281. The molecule has 1 saturated heterocycles. The minimum Gasteiger partial charge on any atom is -0.497 e. The molecule has 0 bridgehead atoms. The molecule has 0 aromatic heterocycles. The van der Waals surface area contributed by atoms with E-state index in [1.165, 1.54) is 0 Å². The van der Waals surface area contributed by atoms with E-state index in [4.69, 9.17) is 14.2 Å². The van der Waals surface area contributed by atoms with E-state index in [9.17, 15) is 4.79 Å². The number of benzene rings is 1. The van der Waals surface area contributed by atoms with Gasteiger partial charge in [-0.25, -0.2) is 4.79 Å². The van der Waals surface area contributed by atoms with Crippen molar-refractivity contribution in [1.82, 2.24) is 4.90 Å². The maximum atomic E-state index is 12.5. The highest BCUT2D eigenvalue weighted by atomic mass is 16.6. The molecule has 1 atom stereocenters. The molecule has 0 spiro atoms. The molecular formula is C18H26N2O4. The maximum absolute atomic E-state index is 12.5. The van der Waals surface area contributed by atoms with Gasteiger partial charge in [-0.05, 0) is 58.9 Å². The number of methoxy groups -OCH3 is 1. The number of hydrogen-bond donors (Lipinski definition) is 0. The number of nitrogens with zero attached hydrogens (tertiary/aromatic N) is 2. The van der Waals surface area contributed by atoms with Crippen molar-refractivity contribution < 1.29 is 19.0 Å². The van der Waals surface area contributed by atoms with Gasteiger partial charge < -0.3 is 14.2 Å². The number of amides is 1. The average molecular weight is 334 g/mol. The lowest BCUT2D eigenvalue weighted by atomic mass is 10.2. The summed E-state index contributed by atoms with van der Waals surface area (Å²) in [6, 6.07) is 7.11. The largest absolute Gasteiger partial charge is 0.497 e. The predicted octanol–water partition coefficient (Wildman–Crippen LogP) is 3.77. The number of ether oxygens (including phenoxy) is 3. The van der Waals surface area contributed by atoms with Crippen LogP contribution in [-0.2, 0) is 9.47 Å². The van der Waals surface area contributed by atoms with Crippen LogP contribution < -0.4 is 4.74 Å². The minimum atomic E-state index is -0.737. The number of rotatable bonds is 3.